The summed E-state index contributed by atoms with van der Waals surface area (Å²) in [6.07, 6.45) is 3.44. The molecule has 1 aliphatic heterocycles. The van der Waals surface area contributed by atoms with Crippen LogP contribution in [-0.2, 0) is 12.0 Å². The van der Waals surface area contributed by atoms with E-state index in [1.54, 1.807) is 0 Å². The maximum absolute atomic E-state index is 2.65. The Balaban J connectivity index is 2.20. The molecule has 0 radical (unpaired) electrons. The second-order valence-corrected chi connectivity index (χ2v) is 6.84. The second kappa shape index (κ2) is 5.19. The van der Waals surface area contributed by atoms with Gasteiger partial charge >= 0.3 is 0 Å². The molecule has 0 fully saturated rings. The Bertz CT molecular complexity index is 888. The van der Waals surface area contributed by atoms with Crippen LogP contribution in [0.4, 0.5) is 0 Å². The smallest absolute Gasteiger partial charge is 0.185 e. The molecule has 1 heteroatoms. The average Bonchev–Trinajstić information content (AvgIpc) is 2.60. The van der Waals surface area contributed by atoms with Crippen LogP contribution in [0.2, 0.25) is 0 Å². The molecule has 1 nitrogen and oxygen atoms in total. The number of aryl methyl sites for hydroxylation is 1. The minimum Gasteiger partial charge on any atom is -0.185 e. The van der Waals surface area contributed by atoms with Gasteiger partial charge in [-0.3, -0.25) is 0 Å². The minimum atomic E-state index is 0.176. The van der Waals surface area contributed by atoms with Crippen LogP contribution in [0.1, 0.15) is 37.8 Å². The van der Waals surface area contributed by atoms with Gasteiger partial charge in [0.05, 0.1) is 0 Å². The van der Waals surface area contributed by atoms with Crippen molar-refractivity contribution in [2.24, 2.45) is 0 Å². The second-order valence-electron chi connectivity index (χ2n) is 6.84. The topological polar surface area (TPSA) is 3.88 Å². The highest BCUT2D eigenvalue weighted by Gasteiger charge is 2.45. The maximum atomic E-state index is 2.65. The fraction of sp³-hybridized carbons (Fsp3) is 0.318. The summed E-state index contributed by atoms with van der Waals surface area (Å²) >= 11 is 0. The lowest BCUT2D eigenvalue weighted by Gasteiger charge is -2.34. The SMILES string of the molecule is CCC1(CC)Cc2ccccc2-c2c(C)cc3ccccc3[n+]21. The molecule has 0 spiro atoms. The number of benzene rings is 2. The van der Waals surface area contributed by atoms with Gasteiger partial charge < -0.3 is 0 Å². The van der Waals surface area contributed by atoms with E-state index in [0.29, 0.717) is 0 Å². The number of hydrogen-bond acceptors (Lipinski definition) is 0. The summed E-state index contributed by atoms with van der Waals surface area (Å²) in [4.78, 5) is 0. The Kier molecular flexibility index (Phi) is 3.26. The Morgan fingerprint density at radius 1 is 0.957 bits per heavy atom. The standard InChI is InChI=1S/C22H24N/c1-4-22(5-2)15-18-11-6-8-12-19(18)21-16(3)14-17-10-7-9-13-20(17)23(21)22/h6-14H,4-5,15H2,1-3H3/q+1. The third-order valence-corrected chi connectivity index (χ3v) is 5.73. The van der Waals surface area contributed by atoms with Crippen molar-refractivity contribution in [3.63, 3.8) is 0 Å². The Labute approximate surface area is 138 Å². The molecule has 4 rings (SSSR count). The summed E-state index contributed by atoms with van der Waals surface area (Å²) in [5.74, 6) is 0. The Morgan fingerprint density at radius 2 is 1.65 bits per heavy atom. The number of hydrogen-bond donors (Lipinski definition) is 0. The van der Waals surface area contributed by atoms with E-state index in [0.717, 1.165) is 19.3 Å². The number of nitrogens with zero attached hydrogens (tertiary/aromatic N) is 1. The fourth-order valence-corrected chi connectivity index (χ4v) is 4.39. The van der Waals surface area contributed by atoms with Crippen molar-refractivity contribution < 1.29 is 4.57 Å². The van der Waals surface area contributed by atoms with Gasteiger partial charge in [0.2, 0.25) is 11.2 Å². The van der Waals surface area contributed by atoms with Crippen molar-refractivity contribution in [3.05, 3.63) is 65.7 Å². The summed E-state index contributed by atoms with van der Waals surface area (Å²) < 4.78 is 2.65. The lowest BCUT2D eigenvalue weighted by atomic mass is 9.78. The highest BCUT2D eigenvalue weighted by molar-refractivity contribution is 5.80. The van der Waals surface area contributed by atoms with Gasteiger partial charge in [0.1, 0.15) is 0 Å². The zero-order valence-electron chi connectivity index (χ0n) is 14.3. The molecular weight excluding hydrogens is 278 g/mol. The number of pyridine rings is 1. The first kappa shape index (κ1) is 14.4. The molecule has 1 aliphatic rings. The van der Waals surface area contributed by atoms with Crippen LogP contribution >= 0.6 is 0 Å². The molecule has 116 valence electrons. The molecule has 1 aromatic heterocycles. The van der Waals surface area contributed by atoms with Gasteiger partial charge in [-0.15, -0.1) is 0 Å². The van der Waals surface area contributed by atoms with Gasteiger partial charge in [0, 0.05) is 41.8 Å². The van der Waals surface area contributed by atoms with Gasteiger partial charge in [-0.2, -0.15) is 4.57 Å². The molecule has 0 amide bonds. The first-order chi connectivity index (χ1) is 11.2. The van der Waals surface area contributed by atoms with Gasteiger partial charge in [-0.05, 0) is 30.7 Å². The van der Waals surface area contributed by atoms with E-state index in [2.05, 4.69) is 79.9 Å². The lowest BCUT2D eigenvalue weighted by molar-refractivity contribution is -0.736. The average molecular weight is 302 g/mol. The van der Waals surface area contributed by atoms with E-state index in [9.17, 15) is 0 Å². The van der Waals surface area contributed by atoms with Crippen molar-refractivity contribution in [2.45, 2.75) is 45.6 Å². The first-order valence-electron chi connectivity index (χ1n) is 8.73. The largest absolute Gasteiger partial charge is 0.216 e. The van der Waals surface area contributed by atoms with Crippen molar-refractivity contribution >= 4 is 10.9 Å². The number of fused-ring (bicyclic) bond motifs is 5. The zero-order chi connectivity index (χ0) is 16.0. The number of aromatic nitrogens is 1. The maximum Gasteiger partial charge on any atom is 0.216 e. The van der Waals surface area contributed by atoms with Gasteiger partial charge in [0.15, 0.2) is 5.54 Å². The van der Waals surface area contributed by atoms with Gasteiger partial charge in [-0.1, -0.05) is 44.2 Å². The van der Waals surface area contributed by atoms with Gasteiger partial charge in [0.25, 0.3) is 0 Å². The Hall–Kier alpha value is -2.15. The zero-order valence-corrected chi connectivity index (χ0v) is 14.3. The summed E-state index contributed by atoms with van der Waals surface area (Å²) in [6, 6.07) is 20.1. The molecule has 2 aromatic carbocycles. The third-order valence-electron chi connectivity index (χ3n) is 5.73. The summed E-state index contributed by atoms with van der Waals surface area (Å²) in [5, 5.41) is 1.35. The van der Waals surface area contributed by atoms with Crippen LogP contribution in [-0.4, -0.2) is 0 Å². The Morgan fingerprint density at radius 3 is 2.43 bits per heavy atom. The van der Waals surface area contributed by atoms with Crippen LogP contribution in [0.3, 0.4) is 0 Å². The van der Waals surface area contributed by atoms with Crippen molar-refractivity contribution in [1.82, 2.24) is 0 Å². The summed E-state index contributed by atoms with van der Waals surface area (Å²) in [6.45, 7) is 6.94. The quantitative estimate of drug-likeness (QED) is 0.575. The highest BCUT2D eigenvalue weighted by Crippen LogP contribution is 2.39. The molecule has 0 bridgehead atoms. The van der Waals surface area contributed by atoms with E-state index in [4.69, 9.17) is 0 Å². The third kappa shape index (κ3) is 1.96. The molecule has 0 unspecified atom stereocenters. The lowest BCUT2D eigenvalue weighted by Crippen LogP contribution is -2.61. The van der Waals surface area contributed by atoms with Crippen molar-refractivity contribution in [1.29, 1.82) is 0 Å². The van der Waals surface area contributed by atoms with Crippen LogP contribution in [0, 0.1) is 6.92 Å². The normalized spacial score (nSPS) is 15.3. The summed E-state index contributed by atoms with van der Waals surface area (Å²) in [7, 11) is 0. The van der Waals surface area contributed by atoms with E-state index in [-0.39, 0.29) is 5.54 Å². The van der Waals surface area contributed by atoms with Crippen LogP contribution in [0.15, 0.2) is 54.6 Å². The fourth-order valence-electron chi connectivity index (χ4n) is 4.39. The molecule has 2 heterocycles. The number of para-hydroxylation sites is 1. The molecule has 0 atom stereocenters. The predicted molar refractivity (Wildman–Crippen MR) is 96.6 cm³/mol. The van der Waals surface area contributed by atoms with E-state index < -0.39 is 0 Å². The molecule has 0 saturated carbocycles. The summed E-state index contributed by atoms with van der Waals surface area (Å²) in [5.41, 5.74) is 7.24. The molecule has 23 heavy (non-hydrogen) atoms. The molecule has 3 aromatic rings. The monoisotopic (exact) mass is 302 g/mol. The van der Waals surface area contributed by atoms with E-state index in [1.165, 1.54) is 33.3 Å². The minimum absolute atomic E-state index is 0.176. The molecule has 0 saturated heterocycles. The van der Waals surface area contributed by atoms with Crippen LogP contribution in [0.5, 0.6) is 0 Å². The van der Waals surface area contributed by atoms with Crippen LogP contribution < -0.4 is 4.57 Å². The van der Waals surface area contributed by atoms with Crippen LogP contribution in [0.25, 0.3) is 22.2 Å². The van der Waals surface area contributed by atoms with E-state index in [1.807, 2.05) is 0 Å². The molecular formula is C22H24N+. The molecule has 0 N–H and O–H groups in total. The predicted octanol–water partition coefficient (Wildman–Crippen LogP) is 5.17. The van der Waals surface area contributed by atoms with Gasteiger partial charge in [-0.25, -0.2) is 0 Å². The molecule has 0 aliphatic carbocycles. The van der Waals surface area contributed by atoms with Crippen molar-refractivity contribution in [3.8, 4) is 11.3 Å². The highest BCUT2D eigenvalue weighted by atomic mass is 15.1. The first-order valence-corrected chi connectivity index (χ1v) is 8.73. The van der Waals surface area contributed by atoms with Crippen molar-refractivity contribution in [2.75, 3.05) is 0 Å². The van der Waals surface area contributed by atoms with E-state index >= 15 is 0 Å². The number of rotatable bonds is 2.